The molecule has 21 heavy (non-hydrogen) atoms. The van der Waals surface area contributed by atoms with E-state index in [1.54, 1.807) is 6.07 Å². The normalized spacial score (nSPS) is 15.3. The van der Waals surface area contributed by atoms with Gasteiger partial charge in [0.15, 0.2) is 0 Å². The van der Waals surface area contributed by atoms with Gasteiger partial charge in [0.25, 0.3) is 0 Å². The van der Waals surface area contributed by atoms with E-state index in [4.69, 9.17) is 9.84 Å². The summed E-state index contributed by atoms with van der Waals surface area (Å²) in [5.41, 5.74) is 0.544. The van der Waals surface area contributed by atoms with Gasteiger partial charge in [-0.1, -0.05) is 18.3 Å². The second-order valence-corrected chi connectivity index (χ2v) is 5.17. The highest BCUT2D eigenvalue weighted by atomic mass is 19.1. The van der Waals surface area contributed by atoms with Crippen LogP contribution in [0, 0.1) is 17.7 Å². The second-order valence-electron chi connectivity index (χ2n) is 5.17. The number of aliphatic hydroxyl groups is 1. The Morgan fingerprint density at radius 2 is 2.05 bits per heavy atom. The van der Waals surface area contributed by atoms with Gasteiger partial charge < -0.3 is 9.84 Å². The second kappa shape index (κ2) is 8.66. The number of piperidine rings is 1. The van der Waals surface area contributed by atoms with Gasteiger partial charge >= 0.3 is 0 Å². The summed E-state index contributed by atoms with van der Waals surface area (Å²) in [7, 11) is 0. The zero-order valence-corrected chi connectivity index (χ0v) is 12.3. The molecule has 1 N–H and O–H groups in total. The van der Waals surface area contributed by atoms with Crippen LogP contribution in [0.25, 0.3) is 0 Å². The molecule has 1 fully saturated rings. The van der Waals surface area contributed by atoms with Crippen molar-refractivity contribution >= 4 is 0 Å². The minimum atomic E-state index is -0.327. The highest BCUT2D eigenvalue weighted by Crippen LogP contribution is 2.19. The Balaban J connectivity index is 1.90. The predicted octanol–water partition coefficient (Wildman–Crippen LogP) is 2.42. The van der Waals surface area contributed by atoms with E-state index in [0.29, 0.717) is 24.3 Å². The third kappa shape index (κ3) is 5.37. The van der Waals surface area contributed by atoms with Gasteiger partial charge in [-0.25, -0.2) is 4.39 Å². The molecule has 0 aromatic heterocycles. The molecule has 3 nitrogen and oxygen atoms in total. The van der Waals surface area contributed by atoms with Crippen molar-refractivity contribution in [3.8, 4) is 17.6 Å². The fourth-order valence-corrected chi connectivity index (χ4v) is 2.41. The summed E-state index contributed by atoms with van der Waals surface area (Å²) in [6, 6.07) is 4.38. The molecule has 1 heterocycles. The molecule has 0 radical (unpaired) electrons. The summed E-state index contributed by atoms with van der Waals surface area (Å²) in [4.78, 5) is 2.39. The maximum atomic E-state index is 13.3. The smallest absolute Gasteiger partial charge is 0.135 e. The van der Waals surface area contributed by atoms with Crippen molar-refractivity contribution in [2.45, 2.75) is 25.7 Å². The zero-order chi connectivity index (χ0) is 14.9. The third-order valence-electron chi connectivity index (χ3n) is 3.52. The van der Waals surface area contributed by atoms with Crippen LogP contribution in [0.15, 0.2) is 18.2 Å². The van der Waals surface area contributed by atoms with E-state index in [2.05, 4.69) is 16.7 Å². The first kappa shape index (κ1) is 15.8. The molecule has 1 aromatic rings. The van der Waals surface area contributed by atoms with Gasteiger partial charge in [-0.2, -0.15) is 0 Å². The molecule has 0 aliphatic carbocycles. The van der Waals surface area contributed by atoms with Crippen LogP contribution >= 0.6 is 0 Å². The number of ether oxygens (including phenoxy) is 1. The maximum Gasteiger partial charge on any atom is 0.135 e. The molecular formula is C17H22FNO2. The van der Waals surface area contributed by atoms with Crippen molar-refractivity contribution in [2.24, 2.45) is 0 Å². The molecule has 4 heteroatoms. The average Bonchev–Trinajstić information content (AvgIpc) is 2.51. The summed E-state index contributed by atoms with van der Waals surface area (Å²) in [5.74, 6) is 5.94. The average molecular weight is 291 g/mol. The van der Waals surface area contributed by atoms with Gasteiger partial charge in [-0.05, 0) is 44.1 Å². The van der Waals surface area contributed by atoms with Crippen LogP contribution < -0.4 is 4.74 Å². The molecule has 1 aromatic carbocycles. The Labute approximate surface area is 125 Å². The molecule has 114 valence electrons. The van der Waals surface area contributed by atoms with Crippen molar-refractivity contribution in [1.29, 1.82) is 0 Å². The zero-order valence-electron chi connectivity index (χ0n) is 12.3. The summed E-state index contributed by atoms with van der Waals surface area (Å²) in [6.07, 6.45) is 4.21. The predicted molar refractivity (Wildman–Crippen MR) is 80.8 cm³/mol. The van der Waals surface area contributed by atoms with E-state index in [9.17, 15) is 4.39 Å². The molecule has 0 unspecified atom stereocenters. The lowest BCUT2D eigenvalue weighted by Crippen LogP contribution is -2.33. The van der Waals surface area contributed by atoms with Crippen molar-refractivity contribution < 1.29 is 14.2 Å². The number of aliphatic hydroxyl groups excluding tert-OH is 1. The Bertz CT molecular complexity index is 501. The number of hydrogen-bond acceptors (Lipinski definition) is 3. The van der Waals surface area contributed by atoms with Crippen LogP contribution in [-0.2, 0) is 0 Å². The fourth-order valence-electron chi connectivity index (χ4n) is 2.41. The Morgan fingerprint density at radius 3 is 2.81 bits per heavy atom. The number of likely N-dealkylation sites (tertiary alicyclic amines) is 1. The van der Waals surface area contributed by atoms with Crippen LogP contribution in [0.5, 0.6) is 5.75 Å². The highest BCUT2D eigenvalue weighted by molar-refractivity contribution is 5.46. The lowest BCUT2D eigenvalue weighted by Gasteiger charge is -2.26. The van der Waals surface area contributed by atoms with Gasteiger partial charge in [0.2, 0.25) is 0 Å². The lowest BCUT2D eigenvalue weighted by molar-refractivity contribution is 0.183. The van der Waals surface area contributed by atoms with Crippen molar-refractivity contribution in [3.05, 3.63) is 29.6 Å². The molecule has 0 amide bonds. The summed E-state index contributed by atoms with van der Waals surface area (Å²) in [5, 5.41) is 8.74. The van der Waals surface area contributed by atoms with Gasteiger partial charge in [0.05, 0.1) is 12.2 Å². The quantitative estimate of drug-likeness (QED) is 0.846. The number of hydrogen-bond donors (Lipinski definition) is 1. The summed E-state index contributed by atoms with van der Waals surface area (Å²) < 4.78 is 19.0. The SMILES string of the molecule is OCCC#Cc1cc(F)ccc1OCCN1CCCCC1. The summed E-state index contributed by atoms with van der Waals surface area (Å²) in [6.45, 7) is 3.75. The van der Waals surface area contributed by atoms with Crippen LogP contribution in [0.4, 0.5) is 4.39 Å². The van der Waals surface area contributed by atoms with Crippen LogP contribution in [0.3, 0.4) is 0 Å². The minimum absolute atomic E-state index is 0.00741. The number of halogens is 1. The van der Waals surface area contributed by atoms with Crippen molar-refractivity contribution in [2.75, 3.05) is 32.8 Å². The molecule has 0 atom stereocenters. The van der Waals surface area contributed by atoms with E-state index in [1.807, 2.05) is 0 Å². The first-order valence-electron chi connectivity index (χ1n) is 7.54. The standard InChI is InChI=1S/C17H22FNO2/c18-16-7-8-17(15(14-16)6-2-5-12-20)21-13-11-19-9-3-1-4-10-19/h7-8,14,20H,1,3-5,9-13H2. The molecule has 1 aliphatic heterocycles. The topological polar surface area (TPSA) is 32.7 Å². The molecule has 0 spiro atoms. The third-order valence-corrected chi connectivity index (χ3v) is 3.52. The number of rotatable bonds is 5. The minimum Gasteiger partial charge on any atom is -0.491 e. The lowest BCUT2D eigenvalue weighted by atomic mass is 10.1. The molecule has 1 saturated heterocycles. The maximum absolute atomic E-state index is 13.3. The highest BCUT2D eigenvalue weighted by Gasteiger charge is 2.10. The van der Waals surface area contributed by atoms with Crippen LogP contribution in [-0.4, -0.2) is 42.9 Å². The van der Waals surface area contributed by atoms with E-state index in [-0.39, 0.29) is 12.4 Å². The van der Waals surface area contributed by atoms with Crippen molar-refractivity contribution in [3.63, 3.8) is 0 Å². The van der Waals surface area contributed by atoms with Crippen LogP contribution in [0.2, 0.25) is 0 Å². The fraction of sp³-hybridized carbons (Fsp3) is 0.529. The Morgan fingerprint density at radius 1 is 1.24 bits per heavy atom. The Hall–Kier alpha value is -1.57. The molecule has 0 bridgehead atoms. The first-order valence-corrected chi connectivity index (χ1v) is 7.54. The molecule has 2 rings (SSSR count). The Kier molecular flexibility index (Phi) is 6.52. The molecule has 0 saturated carbocycles. The van der Waals surface area contributed by atoms with Gasteiger partial charge in [0.1, 0.15) is 18.2 Å². The number of benzene rings is 1. The van der Waals surface area contributed by atoms with Gasteiger partial charge in [-0.15, -0.1) is 0 Å². The van der Waals surface area contributed by atoms with Gasteiger partial charge in [0, 0.05) is 13.0 Å². The molecular weight excluding hydrogens is 269 g/mol. The van der Waals surface area contributed by atoms with E-state index in [1.165, 1.54) is 31.4 Å². The first-order chi connectivity index (χ1) is 10.3. The van der Waals surface area contributed by atoms with Crippen LogP contribution in [0.1, 0.15) is 31.2 Å². The van der Waals surface area contributed by atoms with Crippen molar-refractivity contribution in [1.82, 2.24) is 4.90 Å². The largest absolute Gasteiger partial charge is 0.491 e. The number of nitrogens with zero attached hydrogens (tertiary/aromatic N) is 1. The van der Waals surface area contributed by atoms with E-state index < -0.39 is 0 Å². The van der Waals surface area contributed by atoms with Gasteiger partial charge in [-0.3, -0.25) is 4.90 Å². The monoisotopic (exact) mass is 291 g/mol. The summed E-state index contributed by atoms with van der Waals surface area (Å²) >= 11 is 0. The van der Waals surface area contributed by atoms with E-state index >= 15 is 0 Å². The van der Waals surface area contributed by atoms with E-state index in [0.717, 1.165) is 19.6 Å². The molecule has 1 aliphatic rings.